The third-order valence-electron chi connectivity index (χ3n) is 8.72. The van der Waals surface area contributed by atoms with E-state index in [2.05, 4.69) is 20.6 Å². The Labute approximate surface area is 362 Å². The normalized spacial score (nSPS) is 15.7. The molecule has 2 aliphatic heterocycles. The molecular weight excluding hydrogens is 868 g/mol. The number of unbranched alkanes of at least 4 members (excludes halogenated alkanes) is 4. The van der Waals surface area contributed by atoms with E-state index < -0.39 is 0 Å². The molecule has 2 aromatic carbocycles. The molecule has 0 bridgehead atoms. The summed E-state index contributed by atoms with van der Waals surface area (Å²) in [4.78, 5) is 66.1. The SMILES string of the molecule is O=C(CCCCCN1C(=O)/C(=C2\SC(=S)N(CCCCCC(=O)Nc3ncc(Cc4ccccc4Cl)s3)C2=O)SC1=S)Nc1ncc(Cc2ccccc2Cl)s1. The standard InChI is InChI=1S/C38H36Cl2N6O4S6/c39-27-13-7-5-11-23(27)19-25-21-41-35(53-25)43-29(47)15-3-1-9-17-45-33(49)31(55-37(45)51)32-34(50)46(38(52)56-32)18-10-2-4-16-30(48)44-36-42-22-26(54-36)20-24-12-6-8-14-28(24)40/h5-8,11-14,21-22H,1-4,9-10,15-20H2,(H,41,43,47)(H,42,44,48)/b32-31+. The first-order valence-electron chi connectivity index (χ1n) is 17.8. The maximum atomic E-state index is 13.4. The van der Waals surface area contributed by atoms with Crippen molar-refractivity contribution in [3.8, 4) is 0 Å². The van der Waals surface area contributed by atoms with Gasteiger partial charge in [-0.25, -0.2) is 9.97 Å². The second-order valence-corrected chi connectivity index (χ2v) is 19.2. The van der Waals surface area contributed by atoms with E-state index in [1.165, 1.54) is 32.5 Å². The van der Waals surface area contributed by atoms with Crippen LogP contribution in [0, 0.1) is 0 Å². The Kier molecular flexibility index (Phi) is 15.5. The number of nitrogens with one attached hydrogen (secondary N) is 2. The number of halogens is 2. The Morgan fingerprint density at radius 2 is 1.04 bits per heavy atom. The number of thiazole rings is 2. The van der Waals surface area contributed by atoms with Gasteiger partial charge in [0.1, 0.15) is 8.64 Å². The van der Waals surface area contributed by atoms with E-state index in [9.17, 15) is 19.2 Å². The minimum absolute atomic E-state index is 0.117. The Morgan fingerprint density at radius 1 is 0.625 bits per heavy atom. The number of thioether (sulfide) groups is 2. The lowest BCUT2D eigenvalue weighted by molar-refractivity contribution is -0.124. The van der Waals surface area contributed by atoms with Crippen LogP contribution in [0.2, 0.25) is 10.0 Å². The molecule has 0 spiro atoms. The van der Waals surface area contributed by atoms with E-state index in [4.69, 9.17) is 47.6 Å². The number of thiocarbonyl (C=S) groups is 2. The van der Waals surface area contributed by atoms with Crippen LogP contribution in [0.15, 0.2) is 70.7 Å². The lowest BCUT2D eigenvalue weighted by Crippen LogP contribution is -2.31. The van der Waals surface area contributed by atoms with Crippen molar-refractivity contribution in [3.05, 3.63) is 102 Å². The Hall–Kier alpha value is -3.22. The van der Waals surface area contributed by atoms with Crippen molar-refractivity contribution in [2.24, 2.45) is 0 Å². The van der Waals surface area contributed by atoms with Crippen molar-refractivity contribution in [3.63, 3.8) is 0 Å². The van der Waals surface area contributed by atoms with E-state index in [0.29, 0.717) is 103 Å². The van der Waals surface area contributed by atoms with E-state index in [1.807, 2.05) is 48.5 Å². The van der Waals surface area contributed by atoms with Crippen LogP contribution in [0.5, 0.6) is 0 Å². The Balaban J connectivity index is 0.869. The van der Waals surface area contributed by atoms with E-state index >= 15 is 0 Å². The van der Waals surface area contributed by atoms with Crippen molar-refractivity contribution in [2.75, 3.05) is 23.7 Å². The van der Waals surface area contributed by atoms with Crippen LogP contribution < -0.4 is 10.6 Å². The molecule has 2 fully saturated rings. The molecule has 2 aromatic heterocycles. The highest BCUT2D eigenvalue weighted by Gasteiger charge is 2.41. The fourth-order valence-corrected chi connectivity index (χ4v) is 10.7. The minimum atomic E-state index is -0.295. The van der Waals surface area contributed by atoms with Crippen molar-refractivity contribution in [1.82, 2.24) is 19.8 Å². The number of hydrogen-bond acceptors (Lipinski definition) is 12. The zero-order chi connectivity index (χ0) is 39.6. The highest BCUT2D eigenvalue weighted by atomic mass is 35.5. The first-order chi connectivity index (χ1) is 27.0. The molecule has 0 aliphatic carbocycles. The summed E-state index contributed by atoms with van der Waals surface area (Å²) in [7, 11) is 0. The molecule has 292 valence electrons. The summed E-state index contributed by atoms with van der Waals surface area (Å²) in [6.45, 7) is 0.793. The summed E-state index contributed by atoms with van der Waals surface area (Å²) >= 11 is 28.7. The molecule has 0 saturated carbocycles. The van der Waals surface area contributed by atoms with Crippen LogP contribution in [0.25, 0.3) is 0 Å². The topological polar surface area (TPSA) is 125 Å². The molecule has 0 unspecified atom stereocenters. The van der Waals surface area contributed by atoms with Crippen molar-refractivity contribution >= 4 is 136 Å². The van der Waals surface area contributed by atoms with Crippen molar-refractivity contribution < 1.29 is 19.2 Å². The molecule has 4 heterocycles. The summed E-state index contributed by atoms with van der Waals surface area (Å²) in [6, 6.07) is 15.3. The number of carbonyl (C=O) groups excluding carboxylic acids is 4. The van der Waals surface area contributed by atoms with Gasteiger partial charge >= 0.3 is 0 Å². The molecule has 0 radical (unpaired) electrons. The highest BCUT2D eigenvalue weighted by molar-refractivity contribution is 8.29. The van der Waals surface area contributed by atoms with Crippen LogP contribution in [0.4, 0.5) is 10.3 Å². The van der Waals surface area contributed by atoms with Gasteiger partial charge in [0.15, 0.2) is 10.3 Å². The zero-order valence-electron chi connectivity index (χ0n) is 29.9. The second-order valence-electron chi connectivity index (χ2n) is 12.8. The molecule has 2 saturated heterocycles. The predicted octanol–water partition coefficient (Wildman–Crippen LogP) is 9.72. The average molecular weight is 904 g/mol. The summed E-state index contributed by atoms with van der Waals surface area (Å²) in [5, 5.41) is 8.23. The molecule has 0 atom stereocenters. The number of hydrogen-bond donors (Lipinski definition) is 2. The van der Waals surface area contributed by atoms with Crippen LogP contribution in [0.1, 0.15) is 72.2 Å². The van der Waals surface area contributed by atoms with E-state index in [1.54, 1.807) is 12.4 Å². The molecule has 4 aromatic rings. The highest BCUT2D eigenvalue weighted by Crippen LogP contribution is 2.42. The molecule has 4 amide bonds. The first-order valence-corrected chi connectivity index (χ1v) is 22.7. The van der Waals surface area contributed by atoms with Gasteiger partial charge in [0.05, 0.1) is 9.81 Å². The Bertz CT molecular complexity index is 2020. The van der Waals surface area contributed by atoms with Gasteiger partial charge in [0.2, 0.25) is 11.8 Å². The largest absolute Gasteiger partial charge is 0.302 e. The molecular formula is C38H36Cl2N6O4S6. The molecule has 2 aliphatic rings. The second kappa shape index (κ2) is 20.5. The summed E-state index contributed by atoms with van der Waals surface area (Å²) in [5.74, 6) is -0.823. The fraction of sp³-hybridized carbons (Fsp3) is 0.316. The van der Waals surface area contributed by atoms with Gasteiger partial charge in [-0.05, 0) is 48.9 Å². The third-order valence-corrected chi connectivity index (χ3v) is 14.3. The number of rotatable bonds is 18. The molecule has 10 nitrogen and oxygen atoms in total. The molecule has 18 heteroatoms. The van der Waals surface area contributed by atoms with Crippen molar-refractivity contribution in [1.29, 1.82) is 0 Å². The summed E-state index contributed by atoms with van der Waals surface area (Å²) in [6.07, 6.45) is 9.46. The van der Waals surface area contributed by atoms with Crippen LogP contribution in [-0.4, -0.2) is 65.1 Å². The predicted molar refractivity (Wildman–Crippen MR) is 238 cm³/mol. The first kappa shape index (κ1) is 42.4. The molecule has 6 rings (SSSR count). The summed E-state index contributed by atoms with van der Waals surface area (Å²) in [5.41, 5.74) is 2.01. The number of nitrogens with zero attached hydrogens (tertiary/aromatic N) is 4. The Morgan fingerprint density at radius 3 is 1.45 bits per heavy atom. The van der Waals surface area contributed by atoms with Gasteiger partial charge in [-0.3, -0.25) is 29.0 Å². The number of anilines is 2. The van der Waals surface area contributed by atoms with Gasteiger partial charge in [0, 0.05) is 71.0 Å². The monoisotopic (exact) mass is 902 g/mol. The van der Waals surface area contributed by atoms with E-state index in [0.717, 1.165) is 57.2 Å². The lowest BCUT2D eigenvalue weighted by Gasteiger charge is -2.14. The third kappa shape index (κ3) is 11.5. The van der Waals surface area contributed by atoms with E-state index in [-0.39, 0.29) is 23.6 Å². The van der Waals surface area contributed by atoms with Gasteiger partial charge in [-0.1, -0.05) is 120 Å². The molecule has 2 N–H and O–H groups in total. The summed E-state index contributed by atoms with van der Waals surface area (Å²) < 4.78 is 0.800. The van der Waals surface area contributed by atoms with Crippen molar-refractivity contribution in [2.45, 2.75) is 64.2 Å². The average Bonchev–Trinajstić information content (AvgIpc) is 3.94. The van der Waals surface area contributed by atoms with Gasteiger partial charge < -0.3 is 10.6 Å². The van der Waals surface area contributed by atoms with Gasteiger partial charge in [-0.15, -0.1) is 22.7 Å². The number of amides is 4. The molecule has 56 heavy (non-hydrogen) atoms. The van der Waals surface area contributed by atoms with Crippen LogP contribution in [-0.2, 0) is 32.0 Å². The maximum Gasteiger partial charge on any atom is 0.267 e. The van der Waals surface area contributed by atoms with Crippen LogP contribution >= 0.6 is 93.8 Å². The van der Waals surface area contributed by atoms with Gasteiger partial charge in [-0.2, -0.15) is 0 Å². The van der Waals surface area contributed by atoms with Crippen LogP contribution in [0.3, 0.4) is 0 Å². The number of aromatic nitrogens is 2. The minimum Gasteiger partial charge on any atom is -0.302 e. The number of carbonyl (C=O) groups is 4. The zero-order valence-corrected chi connectivity index (χ0v) is 36.3. The fourth-order valence-electron chi connectivity index (χ4n) is 5.84. The van der Waals surface area contributed by atoms with Gasteiger partial charge in [0.25, 0.3) is 11.8 Å². The number of benzene rings is 2. The smallest absolute Gasteiger partial charge is 0.267 e. The maximum absolute atomic E-state index is 13.4. The quantitative estimate of drug-likeness (QED) is 0.0567. The lowest BCUT2D eigenvalue weighted by atomic mass is 10.1.